The van der Waals surface area contributed by atoms with Gasteiger partial charge in [0.25, 0.3) is 0 Å². The first kappa shape index (κ1) is 23.6. The molecule has 3 aliphatic rings. The van der Waals surface area contributed by atoms with E-state index in [-0.39, 0.29) is 12.1 Å². The van der Waals surface area contributed by atoms with Gasteiger partial charge in [-0.05, 0) is 63.7 Å². The van der Waals surface area contributed by atoms with Gasteiger partial charge in [-0.1, -0.05) is 0 Å². The van der Waals surface area contributed by atoms with Gasteiger partial charge in [-0.2, -0.15) is 13.2 Å². The number of piperidine rings is 1. The summed E-state index contributed by atoms with van der Waals surface area (Å²) in [5, 5.41) is 0. The Morgan fingerprint density at radius 3 is 2.52 bits per heavy atom. The lowest BCUT2D eigenvalue weighted by atomic mass is 9.82. The van der Waals surface area contributed by atoms with Crippen molar-refractivity contribution in [3.05, 3.63) is 21.4 Å². The van der Waals surface area contributed by atoms with Crippen molar-refractivity contribution < 1.29 is 27.4 Å². The molecule has 0 N–H and O–H groups in total. The van der Waals surface area contributed by atoms with Crippen LogP contribution >= 0.6 is 34.9 Å². The van der Waals surface area contributed by atoms with E-state index in [9.17, 15) is 18.0 Å². The molecule has 2 saturated heterocycles. The van der Waals surface area contributed by atoms with Crippen molar-refractivity contribution in [3.8, 4) is 0 Å². The standard InChI is InChI=1S/C21H28F3NO3S3/c1-13-11-19(6-7-25(13)17(26)28-18(2,3)4)16-14(10-15(31-16)21(22,23)24)20(12-27-19)29-8-5-9-30-20/h10,13H,5-9,11-12H2,1-4H3/t13-,19+/m0/s1. The summed E-state index contributed by atoms with van der Waals surface area (Å²) in [7, 11) is 0. The summed E-state index contributed by atoms with van der Waals surface area (Å²) in [5.41, 5.74) is -0.605. The first-order chi connectivity index (χ1) is 14.4. The predicted molar refractivity (Wildman–Crippen MR) is 120 cm³/mol. The summed E-state index contributed by atoms with van der Waals surface area (Å²) >= 11 is 4.24. The smallest absolute Gasteiger partial charge is 0.425 e. The zero-order valence-corrected chi connectivity index (χ0v) is 20.6. The van der Waals surface area contributed by atoms with E-state index in [1.54, 1.807) is 28.4 Å². The van der Waals surface area contributed by atoms with Crippen LogP contribution in [0.1, 0.15) is 62.3 Å². The Morgan fingerprint density at radius 2 is 1.94 bits per heavy atom. The van der Waals surface area contributed by atoms with Gasteiger partial charge in [-0.3, -0.25) is 0 Å². The number of thiophene rings is 1. The molecule has 1 aromatic heterocycles. The number of halogens is 3. The molecule has 3 aliphatic heterocycles. The molecule has 10 heteroatoms. The topological polar surface area (TPSA) is 38.8 Å². The van der Waals surface area contributed by atoms with Crippen molar-refractivity contribution in [2.75, 3.05) is 24.7 Å². The number of rotatable bonds is 0. The minimum absolute atomic E-state index is 0.200. The highest BCUT2D eigenvalue weighted by Crippen LogP contribution is 2.61. The lowest BCUT2D eigenvalue weighted by Gasteiger charge is -2.51. The van der Waals surface area contributed by atoms with Gasteiger partial charge in [0.05, 0.1) is 6.61 Å². The third-order valence-corrected chi connectivity index (χ3v) is 10.5. The molecule has 0 aliphatic carbocycles. The molecule has 2 spiro atoms. The Morgan fingerprint density at radius 1 is 1.26 bits per heavy atom. The Balaban J connectivity index is 1.66. The number of nitrogens with zero attached hydrogens (tertiary/aromatic N) is 1. The predicted octanol–water partition coefficient (Wildman–Crippen LogP) is 6.43. The number of hydrogen-bond donors (Lipinski definition) is 0. The fourth-order valence-electron chi connectivity index (χ4n) is 4.48. The van der Waals surface area contributed by atoms with Crippen molar-refractivity contribution in [3.63, 3.8) is 0 Å². The second-order valence-corrected chi connectivity index (χ2v) is 13.5. The lowest BCUT2D eigenvalue weighted by Crippen LogP contribution is -2.54. The van der Waals surface area contributed by atoms with Gasteiger partial charge < -0.3 is 14.4 Å². The SMILES string of the molecule is C[C@H]1C[C@@]2(CCN1C(=O)OC(C)(C)C)OCC1(SCCCS1)c1cc(C(F)(F)F)sc12. The highest BCUT2D eigenvalue weighted by molar-refractivity contribution is 8.18. The molecule has 2 fully saturated rings. The average Bonchev–Trinajstić information content (AvgIpc) is 3.13. The van der Waals surface area contributed by atoms with E-state index in [4.69, 9.17) is 9.47 Å². The second-order valence-electron chi connectivity index (χ2n) is 9.41. The molecule has 0 saturated carbocycles. The van der Waals surface area contributed by atoms with E-state index in [0.717, 1.165) is 34.8 Å². The van der Waals surface area contributed by atoms with Gasteiger partial charge in [-0.15, -0.1) is 34.9 Å². The zero-order valence-electron chi connectivity index (χ0n) is 18.1. The summed E-state index contributed by atoms with van der Waals surface area (Å²) in [6.07, 6.45) is -2.79. The van der Waals surface area contributed by atoms with Crippen LogP contribution in [0.5, 0.6) is 0 Å². The molecule has 0 unspecified atom stereocenters. The van der Waals surface area contributed by atoms with Crippen LogP contribution in [0, 0.1) is 0 Å². The maximum atomic E-state index is 13.7. The van der Waals surface area contributed by atoms with E-state index in [2.05, 4.69) is 0 Å². The lowest BCUT2D eigenvalue weighted by molar-refractivity contribution is -0.134. The van der Waals surface area contributed by atoms with Gasteiger partial charge in [0.1, 0.15) is 20.2 Å². The Kier molecular flexibility index (Phi) is 6.10. The molecular formula is C21H28F3NO3S3. The molecule has 4 rings (SSSR count). The molecule has 31 heavy (non-hydrogen) atoms. The van der Waals surface area contributed by atoms with Crippen molar-refractivity contribution in [1.82, 2.24) is 4.90 Å². The summed E-state index contributed by atoms with van der Waals surface area (Å²) in [6, 6.07) is 1.16. The van der Waals surface area contributed by atoms with Gasteiger partial charge in [0, 0.05) is 23.9 Å². The molecule has 0 radical (unpaired) electrons. The normalized spacial score (nSPS) is 28.6. The van der Waals surface area contributed by atoms with Crippen LogP contribution in [0.4, 0.5) is 18.0 Å². The summed E-state index contributed by atoms with van der Waals surface area (Å²) in [5.74, 6) is 1.84. The Hall–Kier alpha value is -0.580. The first-order valence-corrected chi connectivity index (χ1v) is 13.3. The summed E-state index contributed by atoms with van der Waals surface area (Å²) in [6.45, 7) is 8.16. The zero-order chi connectivity index (χ0) is 22.7. The maximum Gasteiger partial charge on any atom is 0.425 e. The Bertz CT molecular complexity index is 845. The monoisotopic (exact) mass is 495 g/mol. The number of carbonyl (C=O) groups excluding carboxylic acids is 1. The van der Waals surface area contributed by atoms with Crippen molar-refractivity contribution in [2.45, 2.75) is 74.5 Å². The third kappa shape index (κ3) is 4.46. The molecule has 0 bridgehead atoms. The molecule has 0 aromatic carbocycles. The number of hydrogen-bond acceptors (Lipinski definition) is 6. The number of amides is 1. The van der Waals surface area contributed by atoms with Crippen LogP contribution < -0.4 is 0 Å². The molecule has 4 heterocycles. The average molecular weight is 496 g/mol. The van der Waals surface area contributed by atoms with Crippen LogP contribution in [-0.2, 0) is 25.3 Å². The van der Waals surface area contributed by atoms with Gasteiger partial charge in [-0.25, -0.2) is 4.79 Å². The second kappa shape index (κ2) is 8.02. The van der Waals surface area contributed by atoms with Gasteiger partial charge >= 0.3 is 12.3 Å². The molecule has 1 aromatic rings. The summed E-state index contributed by atoms with van der Waals surface area (Å²) < 4.78 is 52.6. The van der Waals surface area contributed by atoms with E-state index in [1.165, 1.54) is 6.07 Å². The molecule has 174 valence electrons. The van der Waals surface area contributed by atoms with Crippen LogP contribution in [0.2, 0.25) is 0 Å². The molecule has 2 atom stereocenters. The number of ether oxygens (including phenoxy) is 2. The van der Waals surface area contributed by atoms with Gasteiger partial charge in [0.15, 0.2) is 0 Å². The van der Waals surface area contributed by atoms with Crippen LogP contribution in [-0.4, -0.2) is 47.3 Å². The van der Waals surface area contributed by atoms with Crippen LogP contribution in [0.25, 0.3) is 0 Å². The van der Waals surface area contributed by atoms with E-state index < -0.39 is 26.3 Å². The van der Waals surface area contributed by atoms with Crippen molar-refractivity contribution in [2.24, 2.45) is 0 Å². The first-order valence-electron chi connectivity index (χ1n) is 10.5. The maximum absolute atomic E-state index is 13.7. The fraction of sp³-hybridized carbons (Fsp3) is 0.762. The number of alkyl halides is 3. The van der Waals surface area contributed by atoms with Crippen molar-refractivity contribution in [1.29, 1.82) is 0 Å². The third-order valence-electron chi connectivity index (χ3n) is 5.87. The summed E-state index contributed by atoms with van der Waals surface area (Å²) in [4.78, 5) is 14.4. The largest absolute Gasteiger partial charge is 0.444 e. The highest BCUT2D eigenvalue weighted by atomic mass is 32.2. The van der Waals surface area contributed by atoms with E-state index in [0.29, 0.717) is 30.9 Å². The molecule has 4 nitrogen and oxygen atoms in total. The van der Waals surface area contributed by atoms with Crippen molar-refractivity contribution >= 4 is 41.0 Å². The van der Waals surface area contributed by atoms with E-state index in [1.807, 2.05) is 27.7 Å². The molecule has 1 amide bonds. The number of fused-ring (bicyclic) bond motifs is 3. The Labute approximate surface area is 193 Å². The van der Waals surface area contributed by atoms with E-state index >= 15 is 0 Å². The minimum atomic E-state index is -4.38. The number of likely N-dealkylation sites (tertiary alicyclic amines) is 1. The quantitative estimate of drug-likeness (QED) is 0.414. The van der Waals surface area contributed by atoms with Gasteiger partial charge in [0.2, 0.25) is 0 Å². The fourth-order valence-corrected chi connectivity index (χ4v) is 9.07. The van der Waals surface area contributed by atoms with Crippen LogP contribution in [0.3, 0.4) is 0 Å². The molecular weight excluding hydrogens is 467 g/mol. The number of carbonyl (C=O) groups is 1. The van der Waals surface area contributed by atoms with Crippen LogP contribution in [0.15, 0.2) is 6.07 Å². The number of thioether (sulfide) groups is 2. The minimum Gasteiger partial charge on any atom is -0.444 e. The highest BCUT2D eigenvalue weighted by Gasteiger charge is 2.55.